The molecule has 0 aliphatic heterocycles. The van der Waals surface area contributed by atoms with Gasteiger partial charge in [-0.25, -0.2) is 0 Å². The fourth-order valence-corrected chi connectivity index (χ4v) is 2.34. The quantitative estimate of drug-likeness (QED) is 0.859. The van der Waals surface area contributed by atoms with Crippen molar-refractivity contribution >= 4 is 23.2 Å². The van der Waals surface area contributed by atoms with Crippen LogP contribution in [-0.4, -0.2) is 17.9 Å². The maximum Gasteiger partial charge on any atom is 0.222 e. The van der Waals surface area contributed by atoms with Crippen molar-refractivity contribution in [3.05, 3.63) is 64.7 Å². The summed E-state index contributed by atoms with van der Waals surface area (Å²) in [5.74, 6) is 0.117. The van der Waals surface area contributed by atoms with E-state index in [1.165, 1.54) is 0 Å². The summed E-state index contributed by atoms with van der Waals surface area (Å²) in [6.45, 7) is 0.571. The van der Waals surface area contributed by atoms with Crippen LogP contribution in [0, 0.1) is 0 Å². The van der Waals surface area contributed by atoms with E-state index >= 15 is 0 Å². The van der Waals surface area contributed by atoms with Gasteiger partial charge in [0.1, 0.15) is 0 Å². The fourth-order valence-electron chi connectivity index (χ4n) is 2.12. The van der Waals surface area contributed by atoms with E-state index in [0.29, 0.717) is 18.0 Å². The maximum atomic E-state index is 12.1. The normalized spacial score (nSPS) is 10.4. The number of carbonyl (C=O) groups is 1. The second kappa shape index (κ2) is 7.14. The third kappa shape index (κ3) is 4.80. The lowest BCUT2D eigenvalue weighted by Crippen LogP contribution is -2.26. The number of carbonyl (C=O) groups excluding carboxylic acids is 1. The van der Waals surface area contributed by atoms with Gasteiger partial charge in [-0.1, -0.05) is 35.9 Å². The number of amides is 1. The standard InChI is InChI=1S/C17H19ClN2O/c1-20(12-14-3-2-4-15(18)11-14)17(21)10-7-13-5-8-16(19)9-6-13/h2-6,8-9,11H,7,10,12,19H2,1H3. The highest BCUT2D eigenvalue weighted by Gasteiger charge is 2.09. The molecule has 0 unspecified atom stereocenters. The van der Waals surface area contributed by atoms with Gasteiger partial charge in [-0.15, -0.1) is 0 Å². The van der Waals surface area contributed by atoms with Crippen molar-refractivity contribution in [1.82, 2.24) is 4.90 Å². The molecule has 0 fully saturated rings. The molecular formula is C17H19ClN2O. The lowest BCUT2D eigenvalue weighted by molar-refractivity contribution is -0.130. The molecule has 2 N–H and O–H groups in total. The van der Waals surface area contributed by atoms with Gasteiger partial charge in [0.15, 0.2) is 0 Å². The van der Waals surface area contributed by atoms with Crippen LogP contribution in [-0.2, 0) is 17.8 Å². The number of anilines is 1. The van der Waals surface area contributed by atoms with Crippen LogP contribution in [0.4, 0.5) is 5.69 Å². The van der Waals surface area contributed by atoms with E-state index in [4.69, 9.17) is 17.3 Å². The zero-order valence-corrected chi connectivity index (χ0v) is 12.8. The van der Waals surface area contributed by atoms with Crippen molar-refractivity contribution < 1.29 is 4.79 Å². The van der Waals surface area contributed by atoms with Gasteiger partial charge in [0.2, 0.25) is 5.91 Å². The fraction of sp³-hybridized carbons (Fsp3) is 0.235. The molecule has 110 valence electrons. The summed E-state index contributed by atoms with van der Waals surface area (Å²) in [6, 6.07) is 15.2. The molecule has 0 aliphatic carbocycles. The first-order valence-corrected chi connectivity index (χ1v) is 7.25. The Balaban J connectivity index is 1.86. The maximum absolute atomic E-state index is 12.1. The summed E-state index contributed by atoms with van der Waals surface area (Å²) in [5.41, 5.74) is 8.53. The van der Waals surface area contributed by atoms with E-state index in [2.05, 4.69) is 0 Å². The highest BCUT2D eigenvalue weighted by Crippen LogP contribution is 2.13. The molecule has 1 amide bonds. The van der Waals surface area contributed by atoms with Crippen LogP contribution in [0.5, 0.6) is 0 Å². The summed E-state index contributed by atoms with van der Waals surface area (Å²) in [4.78, 5) is 13.9. The second-order valence-corrected chi connectivity index (χ2v) is 5.56. The molecule has 0 spiro atoms. The predicted molar refractivity (Wildman–Crippen MR) is 87.1 cm³/mol. The number of aryl methyl sites for hydroxylation is 1. The highest BCUT2D eigenvalue weighted by molar-refractivity contribution is 6.30. The zero-order chi connectivity index (χ0) is 15.2. The van der Waals surface area contributed by atoms with Crippen LogP contribution in [0.1, 0.15) is 17.5 Å². The second-order valence-electron chi connectivity index (χ2n) is 5.12. The third-order valence-electron chi connectivity index (χ3n) is 3.34. The summed E-state index contributed by atoms with van der Waals surface area (Å²) < 4.78 is 0. The zero-order valence-electron chi connectivity index (χ0n) is 12.1. The van der Waals surface area contributed by atoms with Gasteiger partial charge in [-0.3, -0.25) is 4.79 Å². The van der Waals surface area contributed by atoms with Crippen molar-refractivity contribution in [2.45, 2.75) is 19.4 Å². The Morgan fingerprint density at radius 3 is 2.52 bits per heavy atom. The van der Waals surface area contributed by atoms with Crippen LogP contribution in [0.25, 0.3) is 0 Å². The first-order valence-electron chi connectivity index (χ1n) is 6.87. The first kappa shape index (κ1) is 15.4. The smallest absolute Gasteiger partial charge is 0.222 e. The van der Waals surface area contributed by atoms with E-state index < -0.39 is 0 Å². The molecule has 21 heavy (non-hydrogen) atoms. The number of nitrogens with zero attached hydrogens (tertiary/aromatic N) is 1. The minimum Gasteiger partial charge on any atom is -0.399 e. The molecule has 2 aromatic rings. The minimum absolute atomic E-state index is 0.117. The average Bonchev–Trinajstić information content (AvgIpc) is 2.46. The van der Waals surface area contributed by atoms with E-state index in [-0.39, 0.29) is 5.91 Å². The van der Waals surface area contributed by atoms with Gasteiger partial charge in [0, 0.05) is 30.7 Å². The molecule has 0 radical (unpaired) electrons. The minimum atomic E-state index is 0.117. The Labute approximate surface area is 130 Å². The van der Waals surface area contributed by atoms with Gasteiger partial charge in [0.05, 0.1) is 0 Å². The molecule has 0 aliphatic rings. The first-order chi connectivity index (χ1) is 10.0. The molecule has 0 atom stereocenters. The molecule has 0 saturated heterocycles. The molecule has 4 heteroatoms. The van der Waals surface area contributed by atoms with E-state index in [9.17, 15) is 4.79 Å². The SMILES string of the molecule is CN(Cc1cccc(Cl)c1)C(=O)CCc1ccc(N)cc1. The lowest BCUT2D eigenvalue weighted by atomic mass is 10.1. The van der Waals surface area contributed by atoms with Crippen LogP contribution >= 0.6 is 11.6 Å². The van der Waals surface area contributed by atoms with Crippen molar-refractivity contribution in [3.63, 3.8) is 0 Å². The van der Waals surface area contributed by atoms with Crippen LogP contribution in [0.2, 0.25) is 5.02 Å². The Hall–Kier alpha value is -2.00. The van der Waals surface area contributed by atoms with Gasteiger partial charge in [-0.05, 0) is 41.8 Å². The summed E-state index contributed by atoms with van der Waals surface area (Å²) >= 11 is 5.95. The number of nitrogen functional groups attached to an aromatic ring is 1. The highest BCUT2D eigenvalue weighted by atomic mass is 35.5. The Bertz CT molecular complexity index is 610. The summed E-state index contributed by atoms with van der Waals surface area (Å²) in [5, 5.41) is 0.690. The lowest BCUT2D eigenvalue weighted by Gasteiger charge is -2.17. The number of halogens is 1. The number of rotatable bonds is 5. The van der Waals surface area contributed by atoms with E-state index in [0.717, 1.165) is 23.2 Å². The van der Waals surface area contributed by atoms with Crippen molar-refractivity contribution in [1.29, 1.82) is 0 Å². The molecule has 0 saturated carbocycles. The summed E-state index contributed by atoms with van der Waals surface area (Å²) in [7, 11) is 1.81. The van der Waals surface area contributed by atoms with Gasteiger partial charge in [0.25, 0.3) is 0 Å². The number of hydrogen-bond donors (Lipinski definition) is 1. The Morgan fingerprint density at radius 2 is 1.86 bits per heavy atom. The van der Waals surface area contributed by atoms with Crippen LogP contribution in [0.3, 0.4) is 0 Å². The van der Waals surface area contributed by atoms with E-state index in [1.807, 2.05) is 55.6 Å². The topological polar surface area (TPSA) is 46.3 Å². The number of hydrogen-bond acceptors (Lipinski definition) is 2. The molecule has 2 aromatic carbocycles. The van der Waals surface area contributed by atoms with E-state index in [1.54, 1.807) is 4.90 Å². The van der Waals surface area contributed by atoms with Crippen LogP contribution < -0.4 is 5.73 Å². The molecule has 0 heterocycles. The van der Waals surface area contributed by atoms with Crippen molar-refractivity contribution in [2.75, 3.05) is 12.8 Å². The Kier molecular flexibility index (Phi) is 5.23. The number of benzene rings is 2. The molecule has 0 bridgehead atoms. The van der Waals surface area contributed by atoms with Crippen LogP contribution in [0.15, 0.2) is 48.5 Å². The third-order valence-corrected chi connectivity index (χ3v) is 3.58. The van der Waals surface area contributed by atoms with Crippen molar-refractivity contribution in [2.24, 2.45) is 0 Å². The monoisotopic (exact) mass is 302 g/mol. The molecular weight excluding hydrogens is 284 g/mol. The van der Waals surface area contributed by atoms with Gasteiger partial charge >= 0.3 is 0 Å². The molecule has 0 aromatic heterocycles. The summed E-state index contributed by atoms with van der Waals surface area (Å²) in [6.07, 6.45) is 1.21. The Morgan fingerprint density at radius 1 is 1.14 bits per heavy atom. The predicted octanol–water partition coefficient (Wildman–Crippen LogP) is 3.51. The molecule has 3 nitrogen and oxygen atoms in total. The van der Waals surface area contributed by atoms with Gasteiger partial charge < -0.3 is 10.6 Å². The molecule has 2 rings (SSSR count). The van der Waals surface area contributed by atoms with Gasteiger partial charge in [-0.2, -0.15) is 0 Å². The number of nitrogens with two attached hydrogens (primary N) is 1. The average molecular weight is 303 g/mol. The van der Waals surface area contributed by atoms with Crippen molar-refractivity contribution in [3.8, 4) is 0 Å². The largest absolute Gasteiger partial charge is 0.399 e.